The summed E-state index contributed by atoms with van der Waals surface area (Å²) < 4.78 is 14.4. The number of nitrogens with one attached hydrogen (secondary N) is 1. The highest BCUT2D eigenvalue weighted by molar-refractivity contribution is 4.93. The number of unbranched alkanes of at least 4 members (excludes halogenated alkanes) is 18. The van der Waals surface area contributed by atoms with Crippen LogP contribution in [-0.4, -0.2) is 48.6 Å². The number of imidazole rings is 1. The molecule has 0 amide bonds. The molecule has 5 heteroatoms. The van der Waals surface area contributed by atoms with E-state index in [4.69, 9.17) is 9.47 Å². The van der Waals surface area contributed by atoms with Crippen LogP contribution in [0.1, 0.15) is 174 Å². The molecule has 0 saturated carbocycles. The lowest BCUT2D eigenvalue weighted by atomic mass is 10.1. The third-order valence-corrected chi connectivity index (χ3v) is 9.20. The molecule has 0 spiro atoms. The molecule has 288 valence electrons. The van der Waals surface area contributed by atoms with Crippen LogP contribution in [0.5, 0.6) is 0 Å². The van der Waals surface area contributed by atoms with E-state index < -0.39 is 0 Å². The Morgan fingerprint density at radius 2 is 0.980 bits per heavy atom. The van der Waals surface area contributed by atoms with Gasteiger partial charge in [0.15, 0.2) is 0 Å². The van der Waals surface area contributed by atoms with E-state index in [9.17, 15) is 0 Å². The van der Waals surface area contributed by atoms with Crippen LogP contribution >= 0.6 is 0 Å². The summed E-state index contributed by atoms with van der Waals surface area (Å²) >= 11 is 0. The smallest absolute Gasteiger partial charge is 0.0945 e. The molecule has 0 atom stereocenters. The SMILES string of the molecule is CCCCC/C=C\C/C=C\CCCCCCCCOCC(COCCCCCCCC/C=C\C/C=C\CCCCC)NCCCn1ccnc1. The van der Waals surface area contributed by atoms with Crippen molar-refractivity contribution >= 4 is 0 Å². The summed E-state index contributed by atoms with van der Waals surface area (Å²) in [6.07, 6.45) is 56.2. The van der Waals surface area contributed by atoms with Crippen molar-refractivity contribution in [1.29, 1.82) is 0 Å². The summed E-state index contributed by atoms with van der Waals surface area (Å²) in [5.41, 5.74) is 0. The number of aryl methyl sites for hydroxylation is 1. The second kappa shape index (κ2) is 39.8. The zero-order chi connectivity index (χ0) is 35.7. The molecule has 0 aromatic carbocycles. The van der Waals surface area contributed by atoms with E-state index in [0.717, 1.165) is 71.6 Å². The Labute approximate surface area is 310 Å². The van der Waals surface area contributed by atoms with Crippen LogP contribution in [0.4, 0.5) is 0 Å². The summed E-state index contributed by atoms with van der Waals surface area (Å²) in [5, 5.41) is 3.69. The van der Waals surface area contributed by atoms with Crippen molar-refractivity contribution in [2.75, 3.05) is 33.0 Å². The molecule has 1 aromatic rings. The highest BCUT2D eigenvalue weighted by Crippen LogP contribution is 2.10. The minimum absolute atomic E-state index is 0.256. The second-order valence-corrected chi connectivity index (χ2v) is 14.1. The zero-order valence-electron chi connectivity index (χ0n) is 33.1. The molecule has 0 saturated heterocycles. The highest BCUT2D eigenvalue weighted by Gasteiger charge is 2.09. The molecular formula is C45H81N3O2. The summed E-state index contributed by atoms with van der Waals surface area (Å²) in [5.74, 6) is 0. The van der Waals surface area contributed by atoms with Crippen molar-refractivity contribution in [3.05, 3.63) is 67.3 Å². The fourth-order valence-corrected chi connectivity index (χ4v) is 5.99. The minimum atomic E-state index is 0.256. The maximum atomic E-state index is 6.12. The lowest BCUT2D eigenvalue weighted by Gasteiger charge is -2.19. The van der Waals surface area contributed by atoms with Gasteiger partial charge in [-0.05, 0) is 90.0 Å². The maximum absolute atomic E-state index is 6.12. The minimum Gasteiger partial charge on any atom is -0.380 e. The van der Waals surface area contributed by atoms with Gasteiger partial charge in [-0.1, -0.05) is 140 Å². The average molecular weight is 696 g/mol. The Morgan fingerprint density at radius 3 is 1.42 bits per heavy atom. The van der Waals surface area contributed by atoms with E-state index >= 15 is 0 Å². The molecule has 0 aliphatic rings. The standard InChI is InChI=1S/C45H81N3O2/c1-3-5-7-9-11-13-15-17-19-21-23-25-27-29-31-33-40-49-42-45(47-36-35-38-48-39-37-46-44-48)43-50-41-34-32-30-28-26-24-22-20-18-16-14-12-10-8-6-4-2/h11-14,17-20,37,39,44-45,47H,3-10,15-16,21-36,38,40-43H2,1-2H3/b13-11-,14-12-,19-17-,20-18-. The van der Waals surface area contributed by atoms with Gasteiger partial charge in [0.1, 0.15) is 0 Å². The van der Waals surface area contributed by atoms with Crippen molar-refractivity contribution in [2.24, 2.45) is 0 Å². The highest BCUT2D eigenvalue weighted by atomic mass is 16.5. The summed E-state index contributed by atoms with van der Waals surface area (Å²) in [6.45, 7) is 9.65. The van der Waals surface area contributed by atoms with Crippen LogP contribution in [0.2, 0.25) is 0 Å². The first kappa shape index (κ1) is 46.1. The fourth-order valence-electron chi connectivity index (χ4n) is 5.99. The summed E-state index contributed by atoms with van der Waals surface area (Å²) in [6, 6.07) is 0.256. The van der Waals surface area contributed by atoms with Gasteiger partial charge in [0.25, 0.3) is 0 Å². The van der Waals surface area contributed by atoms with Crippen LogP contribution in [0.15, 0.2) is 67.3 Å². The van der Waals surface area contributed by atoms with E-state index in [1.54, 1.807) is 0 Å². The summed E-state index contributed by atoms with van der Waals surface area (Å²) in [4.78, 5) is 4.15. The van der Waals surface area contributed by atoms with Gasteiger partial charge in [-0.25, -0.2) is 4.98 Å². The number of ether oxygens (including phenoxy) is 2. The van der Waals surface area contributed by atoms with E-state index in [-0.39, 0.29) is 6.04 Å². The lowest BCUT2D eigenvalue weighted by molar-refractivity contribution is 0.0527. The fraction of sp³-hybridized carbons (Fsp3) is 0.756. The average Bonchev–Trinajstić information content (AvgIpc) is 3.65. The number of aromatic nitrogens is 2. The third-order valence-electron chi connectivity index (χ3n) is 9.20. The number of allylic oxidation sites excluding steroid dienone is 8. The van der Waals surface area contributed by atoms with Gasteiger partial charge >= 0.3 is 0 Å². The summed E-state index contributed by atoms with van der Waals surface area (Å²) in [7, 11) is 0. The van der Waals surface area contributed by atoms with E-state index in [1.807, 2.05) is 18.7 Å². The Bertz CT molecular complexity index is 840. The third kappa shape index (κ3) is 34.5. The Kier molecular flexibility index (Phi) is 36.7. The lowest BCUT2D eigenvalue weighted by Crippen LogP contribution is -2.38. The Balaban J connectivity index is 2.04. The first-order chi connectivity index (χ1) is 24.9. The molecule has 0 aliphatic heterocycles. The van der Waals surface area contributed by atoms with Crippen LogP contribution < -0.4 is 5.32 Å². The van der Waals surface area contributed by atoms with Gasteiger partial charge in [-0.2, -0.15) is 0 Å². The normalized spacial score (nSPS) is 12.4. The van der Waals surface area contributed by atoms with Crippen LogP contribution in [0, 0.1) is 0 Å². The van der Waals surface area contributed by atoms with Crippen LogP contribution in [-0.2, 0) is 16.0 Å². The molecule has 0 unspecified atom stereocenters. The molecule has 1 N–H and O–H groups in total. The molecule has 50 heavy (non-hydrogen) atoms. The molecule has 0 aliphatic carbocycles. The zero-order valence-corrected chi connectivity index (χ0v) is 33.1. The van der Waals surface area contributed by atoms with Gasteiger partial charge in [-0.15, -0.1) is 0 Å². The molecule has 5 nitrogen and oxygen atoms in total. The Morgan fingerprint density at radius 1 is 0.540 bits per heavy atom. The predicted molar refractivity (Wildman–Crippen MR) is 219 cm³/mol. The van der Waals surface area contributed by atoms with E-state index in [2.05, 4.69) is 77.3 Å². The van der Waals surface area contributed by atoms with Gasteiger partial charge in [0.2, 0.25) is 0 Å². The van der Waals surface area contributed by atoms with Gasteiger partial charge < -0.3 is 19.4 Å². The van der Waals surface area contributed by atoms with Crippen LogP contribution in [0.25, 0.3) is 0 Å². The van der Waals surface area contributed by atoms with Gasteiger partial charge in [0, 0.05) is 32.2 Å². The molecule has 1 aromatic heterocycles. The van der Waals surface area contributed by atoms with Crippen molar-refractivity contribution in [1.82, 2.24) is 14.9 Å². The molecule has 1 rings (SSSR count). The number of rotatable bonds is 39. The van der Waals surface area contributed by atoms with E-state index in [1.165, 1.54) is 128 Å². The van der Waals surface area contributed by atoms with Gasteiger partial charge in [-0.3, -0.25) is 0 Å². The van der Waals surface area contributed by atoms with Crippen molar-refractivity contribution in [3.63, 3.8) is 0 Å². The largest absolute Gasteiger partial charge is 0.380 e. The number of nitrogens with zero attached hydrogens (tertiary/aromatic N) is 2. The number of hydrogen-bond acceptors (Lipinski definition) is 4. The van der Waals surface area contributed by atoms with Gasteiger partial charge in [0.05, 0.1) is 25.6 Å². The van der Waals surface area contributed by atoms with Crippen molar-refractivity contribution in [2.45, 2.75) is 187 Å². The Hall–Kier alpha value is -1.95. The topological polar surface area (TPSA) is 48.3 Å². The second-order valence-electron chi connectivity index (χ2n) is 14.1. The van der Waals surface area contributed by atoms with Crippen molar-refractivity contribution < 1.29 is 9.47 Å². The molecule has 0 bridgehead atoms. The first-order valence-corrected chi connectivity index (χ1v) is 21.3. The van der Waals surface area contributed by atoms with E-state index in [0.29, 0.717) is 0 Å². The molecular weight excluding hydrogens is 615 g/mol. The molecule has 1 heterocycles. The quantitative estimate of drug-likeness (QED) is 0.0550. The molecule has 0 fully saturated rings. The van der Waals surface area contributed by atoms with Crippen molar-refractivity contribution in [3.8, 4) is 0 Å². The van der Waals surface area contributed by atoms with Crippen LogP contribution in [0.3, 0.4) is 0 Å². The predicted octanol–water partition coefficient (Wildman–Crippen LogP) is 12.9. The number of hydrogen-bond donors (Lipinski definition) is 1. The maximum Gasteiger partial charge on any atom is 0.0945 e. The first-order valence-electron chi connectivity index (χ1n) is 21.3. The molecule has 0 radical (unpaired) electrons. The monoisotopic (exact) mass is 696 g/mol.